The Labute approximate surface area is 82.5 Å². The van der Waals surface area contributed by atoms with E-state index < -0.39 is 0 Å². The van der Waals surface area contributed by atoms with Crippen LogP contribution in [0.2, 0.25) is 0 Å². The molecule has 1 saturated carbocycles. The molecule has 0 bridgehead atoms. The minimum atomic E-state index is 0.620. The predicted octanol–water partition coefficient (Wildman–Crippen LogP) is 2.33. The molecule has 3 N–H and O–H groups in total. The van der Waals surface area contributed by atoms with E-state index in [1.54, 1.807) is 0 Å². The summed E-state index contributed by atoms with van der Waals surface area (Å²) in [7, 11) is 0. The summed E-state index contributed by atoms with van der Waals surface area (Å²) in [5, 5.41) is 4.42. The third-order valence-corrected chi connectivity index (χ3v) is 3.07. The minimum absolute atomic E-state index is 0.620. The Morgan fingerprint density at radius 2 is 2.46 bits per heavy atom. The van der Waals surface area contributed by atoms with Crippen molar-refractivity contribution in [3.8, 4) is 0 Å². The lowest BCUT2D eigenvalue weighted by molar-refractivity contribution is 0.688. The molecule has 1 aromatic heterocycles. The van der Waals surface area contributed by atoms with Crippen molar-refractivity contribution in [1.29, 1.82) is 0 Å². The molecule has 0 saturated heterocycles. The SMILES string of the molecule is Nc1cc(NCCCC2CC2)sn1. The molecule has 1 aromatic rings. The molecule has 1 aliphatic rings. The molecule has 4 heteroatoms. The summed E-state index contributed by atoms with van der Waals surface area (Å²) in [5.74, 6) is 1.66. The normalized spacial score (nSPS) is 16.0. The Bertz CT molecular complexity index is 268. The standard InChI is InChI=1S/C9H15N3S/c10-8-6-9(13-12-8)11-5-1-2-7-3-4-7/h6-7,11H,1-5H2,(H2,10,12). The molecule has 13 heavy (non-hydrogen) atoms. The van der Waals surface area contributed by atoms with Crippen LogP contribution in [0, 0.1) is 5.92 Å². The van der Waals surface area contributed by atoms with Crippen molar-refractivity contribution in [2.24, 2.45) is 5.92 Å². The van der Waals surface area contributed by atoms with E-state index in [0.29, 0.717) is 5.82 Å². The van der Waals surface area contributed by atoms with Crippen molar-refractivity contribution in [1.82, 2.24) is 4.37 Å². The number of nitrogens with two attached hydrogens (primary N) is 1. The topological polar surface area (TPSA) is 50.9 Å². The van der Waals surface area contributed by atoms with Gasteiger partial charge >= 0.3 is 0 Å². The van der Waals surface area contributed by atoms with Crippen molar-refractivity contribution < 1.29 is 0 Å². The van der Waals surface area contributed by atoms with Gasteiger partial charge < -0.3 is 11.1 Å². The molecule has 0 atom stereocenters. The molecule has 0 aliphatic heterocycles. The van der Waals surface area contributed by atoms with Gasteiger partial charge in [-0.05, 0) is 30.3 Å². The highest BCUT2D eigenvalue weighted by molar-refractivity contribution is 7.10. The number of nitrogens with zero attached hydrogens (tertiary/aromatic N) is 1. The summed E-state index contributed by atoms with van der Waals surface area (Å²) in [6.07, 6.45) is 5.55. The Morgan fingerprint density at radius 1 is 1.62 bits per heavy atom. The first kappa shape index (κ1) is 8.81. The smallest absolute Gasteiger partial charge is 0.139 e. The van der Waals surface area contributed by atoms with Gasteiger partial charge in [0.25, 0.3) is 0 Å². The summed E-state index contributed by atoms with van der Waals surface area (Å²) in [5.41, 5.74) is 5.50. The van der Waals surface area contributed by atoms with Gasteiger partial charge in [0.15, 0.2) is 0 Å². The zero-order valence-corrected chi connectivity index (χ0v) is 8.44. The highest BCUT2D eigenvalue weighted by Crippen LogP contribution is 2.33. The van der Waals surface area contributed by atoms with Gasteiger partial charge in [0.1, 0.15) is 10.8 Å². The molecule has 0 aromatic carbocycles. The Kier molecular flexibility index (Phi) is 2.68. The summed E-state index contributed by atoms with van der Waals surface area (Å²) >= 11 is 1.44. The summed E-state index contributed by atoms with van der Waals surface area (Å²) < 4.78 is 4.00. The number of hydrogen-bond donors (Lipinski definition) is 2. The van der Waals surface area contributed by atoms with E-state index in [-0.39, 0.29) is 0 Å². The van der Waals surface area contributed by atoms with Crippen LogP contribution in [0.3, 0.4) is 0 Å². The Morgan fingerprint density at radius 3 is 3.08 bits per heavy atom. The van der Waals surface area contributed by atoms with Crippen LogP contribution in [0.1, 0.15) is 25.7 Å². The number of rotatable bonds is 5. The molecule has 1 aliphatic carbocycles. The van der Waals surface area contributed by atoms with E-state index in [4.69, 9.17) is 5.73 Å². The second-order valence-electron chi connectivity index (χ2n) is 3.63. The highest BCUT2D eigenvalue weighted by Gasteiger charge is 2.19. The number of anilines is 2. The third kappa shape index (κ3) is 2.88. The van der Waals surface area contributed by atoms with E-state index in [0.717, 1.165) is 17.5 Å². The van der Waals surface area contributed by atoms with Gasteiger partial charge in [-0.3, -0.25) is 0 Å². The summed E-state index contributed by atoms with van der Waals surface area (Å²) in [6, 6.07) is 1.89. The Hall–Kier alpha value is -0.770. The quantitative estimate of drug-likeness (QED) is 0.712. The fourth-order valence-electron chi connectivity index (χ4n) is 1.38. The zero-order chi connectivity index (χ0) is 9.10. The molecular formula is C9H15N3S. The lowest BCUT2D eigenvalue weighted by Crippen LogP contribution is -1.99. The fraction of sp³-hybridized carbons (Fsp3) is 0.667. The van der Waals surface area contributed by atoms with Crippen LogP contribution in [0.5, 0.6) is 0 Å². The van der Waals surface area contributed by atoms with Crippen molar-refractivity contribution in [2.75, 3.05) is 17.6 Å². The lowest BCUT2D eigenvalue weighted by atomic mass is 10.2. The van der Waals surface area contributed by atoms with Crippen LogP contribution in [0.4, 0.5) is 10.8 Å². The maximum atomic E-state index is 5.50. The van der Waals surface area contributed by atoms with Crippen LogP contribution in [0.25, 0.3) is 0 Å². The largest absolute Gasteiger partial charge is 0.383 e. The molecule has 72 valence electrons. The van der Waals surface area contributed by atoms with Gasteiger partial charge in [-0.15, -0.1) is 0 Å². The molecule has 1 fully saturated rings. The van der Waals surface area contributed by atoms with Gasteiger partial charge in [0.2, 0.25) is 0 Å². The molecule has 3 nitrogen and oxygen atoms in total. The van der Waals surface area contributed by atoms with Gasteiger partial charge in [0, 0.05) is 12.6 Å². The number of aromatic nitrogens is 1. The van der Waals surface area contributed by atoms with Crippen molar-refractivity contribution in [3.63, 3.8) is 0 Å². The lowest BCUT2D eigenvalue weighted by Gasteiger charge is -2.00. The van der Waals surface area contributed by atoms with Crippen molar-refractivity contribution >= 4 is 22.4 Å². The molecule has 0 radical (unpaired) electrons. The van der Waals surface area contributed by atoms with Crippen molar-refractivity contribution in [3.05, 3.63) is 6.07 Å². The molecule has 1 heterocycles. The van der Waals surface area contributed by atoms with Crippen LogP contribution < -0.4 is 11.1 Å². The first-order chi connectivity index (χ1) is 6.34. The van der Waals surface area contributed by atoms with Gasteiger partial charge in [-0.1, -0.05) is 12.8 Å². The number of hydrogen-bond acceptors (Lipinski definition) is 4. The molecular weight excluding hydrogens is 182 g/mol. The monoisotopic (exact) mass is 197 g/mol. The first-order valence-electron chi connectivity index (χ1n) is 4.80. The van der Waals surface area contributed by atoms with E-state index >= 15 is 0 Å². The summed E-state index contributed by atoms with van der Waals surface area (Å²) in [4.78, 5) is 0. The average Bonchev–Trinajstić information content (AvgIpc) is 2.84. The molecule has 0 spiro atoms. The second kappa shape index (κ2) is 3.96. The molecule has 0 unspecified atom stereocenters. The minimum Gasteiger partial charge on any atom is -0.383 e. The van der Waals surface area contributed by atoms with E-state index in [2.05, 4.69) is 9.69 Å². The maximum absolute atomic E-state index is 5.50. The number of nitrogen functional groups attached to an aromatic ring is 1. The maximum Gasteiger partial charge on any atom is 0.139 e. The first-order valence-corrected chi connectivity index (χ1v) is 5.58. The van der Waals surface area contributed by atoms with Crippen molar-refractivity contribution in [2.45, 2.75) is 25.7 Å². The van der Waals surface area contributed by atoms with E-state index in [1.165, 1.54) is 37.2 Å². The van der Waals surface area contributed by atoms with Crippen LogP contribution in [-0.2, 0) is 0 Å². The van der Waals surface area contributed by atoms with Gasteiger partial charge in [-0.25, -0.2) is 0 Å². The summed E-state index contributed by atoms with van der Waals surface area (Å²) in [6.45, 7) is 1.05. The highest BCUT2D eigenvalue weighted by atomic mass is 32.1. The zero-order valence-electron chi connectivity index (χ0n) is 7.62. The van der Waals surface area contributed by atoms with Crippen LogP contribution in [-0.4, -0.2) is 10.9 Å². The molecule has 2 rings (SSSR count). The second-order valence-corrected chi connectivity index (χ2v) is 4.43. The van der Waals surface area contributed by atoms with E-state index in [9.17, 15) is 0 Å². The predicted molar refractivity (Wildman–Crippen MR) is 57.0 cm³/mol. The van der Waals surface area contributed by atoms with Gasteiger partial charge in [0.05, 0.1) is 0 Å². The number of nitrogens with one attached hydrogen (secondary N) is 1. The van der Waals surface area contributed by atoms with Gasteiger partial charge in [-0.2, -0.15) is 4.37 Å². The fourth-order valence-corrected chi connectivity index (χ4v) is 1.98. The van der Waals surface area contributed by atoms with Crippen LogP contribution >= 0.6 is 11.5 Å². The third-order valence-electron chi connectivity index (χ3n) is 2.31. The Balaban J connectivity index is 1.61. The van der Waals surface area contributed by atoms with Crippen LogP contribution in [0.15, 0.2) is 6.07 Å². The van der Waals surface area contributed by atoms with E-state index in [1.807, 2.05) is 6.07 Å². The average molecular weight is 197 g/mol. The molecule has 0 amide bonds.